The molecular weight excluding hydrogens is 277 g/mol. The van der Waals surface area contributed by atoms with Crippen LogP contribution in [0.1, 0.15) is 25.8 Å². The zero-order valence-electron chi connectivity index (χ0n) is 8.92. The van der Waals surface area contributed by atoms with Crippen molar-refractivity contribution in [3.63, 3.8) is 0 Å². The molecule has 5 heteroatoms. The lowest BCUT2D eigenvalue weighted by Crippen LogP contribution is -2.27. The number of carboxylic acid groups (broad SMARTS) is 1. The minimum atomic E-state index is -1.13. The maximum atomic E-state index is 13.6. The van der Waals surface area contributed by atoms with E-state index in [0.29, 0.717) is 10.9 Å². The van der Waals surface area contributed by atoms with Crippen LogP contribution >= 0.6 is 15.9 Å². The highest BCUT2D eigenvalue weighted by molar-refractivity contribution is 9.10. The standard InChI is InChI=1S/C11H11BrFNO2/c1-10(2)5-11(10,9(15)16)7-3-6(12)4-14-8(7)13/h3-4H,5H2,1-2H3,(H,15,16). The summed E-state index contributed by atoms with van der Waals surface area (Å²) in [6, 6.07) is 1.51. The topological polar surface area (TPSA) is 50.2 Å². The van der Waals surface area contributed by atoms with Gasteiger partial charge in [0.2, 0.25) is 5.95 Å². The van der Waals surface area contributed by atoms with Gasteiger partial charge in [0.05, 0.1) is 0 Å². The molecule has 86 valence electrons. The molecule has 1 heterocycles. The van der Waals surface area contributed by atoms with Crippen molar-refractivity contribution in [3.8, 4) is 0 Å². The first-order chi connectivity index (χ1) is 7.31. The van der Waals surface area contributed by atoms with Crippen molar-refractivity contribution in [2.24, 2.45) is 5.41 Å². The average Bonchev–Trinajstić information content (AvgIpc) is 2.75. The van der Waals surface area contributed by atoms with E-state index in [1.807, 2.05) is 13.8 Å². The van der Waals surface area contributed by atoms with Crippen molar-refractivity contribution in [1.29, 1.82) is 0 Å². The van der Waals surface area contributed by atoms with E-state index in [9.17, 15) is 14.3 Å². The number of pyridine rings is 1. The van der Waals surface area contributed by atoms with Crippen molar-refractivity contribution in [2.45, 2.75) is 25.7 Å². The fourth-order valence-electron chi connectivity index (χ4n) is 2.28. The second-order valence-electron chi connectivity index (χ2n) is 4.76. The molecule has 0 aromatic carbocycles. The van der Waals surface area contributed by atoms with Crippen molar-refractivity contribution < 1.29 is 14.3 Å². The van der Waals surface area contributed by atoms with E-state index in [0.717, 1.165) is 0 Å². The Morgan fingerprint density at radius 2 is 2.19 bits per heavy atom. The van der Waals surface area contributed by atoms with Crippen LogP contribution in [0.5, 0.6) is 0 Å². The summed E-state index contributed by atoms with van der Waals surface area (Å²) in [5, 5.41) is 9.30. The Labute approximate surface area is 101 Å². The lowest BCUT2D eigenvalue weighted by Gasteiger charge is -2.16. The molecule has 1 atom stereocenters. The maximum absolute atomic E-state index is 13.6. The van der Waals surface area contributed by atoms with E-state index in [-0.39, 0.29) is 5.56 Å². The van der Waals surface area contributed by atoms with E-state index >= 15 is 0 Å². The van der Waals surface area contributed by atoms with E-state index in [4.69, 9.17) is 0 Å². The molecule has 1 fully saturated rings. The van der Waals surface area contributed by atoms with Crippen LogP contribution in [0.25, 0.3) is 0 Å². The number of hydrogen-bond acceptors (Lipinski definition) is 2. The van der Waals surface area contributed by atoms with Gasteiger partial charge in [-0.2, -0.15) is 4.39 Å². The average molecular weight is 288 g/mol. The van der Waals surface area contributed by atoms with E-state index in [1.165, 1.54) is 12.3 Å². The monoisotopic (exact) mass is 287 g/mol. The third-order valence-electron chi connectivity index (χ3n) is 3.37. The molecule has 1 aromatic heterocycles. The van der Waals surface area contributed by atoms with Gasteiger partial charge in [-0.3, -0.25) is 4.79 Å². The van der Waals surface area contributed by atoms with Crippen molar-refractivity contribution in [2.75, 3.05) is 0 Å². The van der Waals surface area contributed by atoms with Crippen LogP contribution in [-0.2, 0) is 10.2 Å². The fraction of sp³-hybridized carbons (Fsp3) is 0.455. The SMILES string of the molecule is CC1(C)CC1(C(=O)O)c1cc(Br)cnc1F. The number of aliphatic carboxylic acids is 1. The number of aromatic nitrogens is 1. The molecule has 0 saturated heterocycles. The fourth-order valence-corrected chi connectivity index (χ4v) is 2.61. The summed E-state index contributed by atoms with van der Waals surface area (Å²) in [7, 11) is 0. The zero-order valence-corrected chi connectivity index (χ0v) is 10.5. The highest BCUT2D eigenvalue weighted by Crippen LogP contribution is 2.64. The molecule has 1 aliphatic carbocycles. The highest BCUT2D eigenvalue weighted by Gasteiger charge is 2.69. The first-order valence-electron chi connectivity index (χ1n) is 4.86. The first-order valence-corrected chi connectivity index (χ1v) is 5.65. The van der Waals surface area contributed by atoms with Crippen molar-refractivity contribution in [1.82, 2.24) is 4.98 Å². The van der Waals surface area contributed by atoms with Gasteiger partial charge < -0.3 is 5.11 Å². The normalized spacial score (nSPS) is 26.5. The van der Waals surface area contributed by atoms with Crippen LogP contribution in [0.3, 0.4) is 0 Å². The van der Waals surface area contributed by atoms with Crippen molar-refractivity contribution >= 4 is 21.9 Å². The van der Waals surface area contributed by atoms with Gasteiger partial charge >= 0.3 is 5.97 Å². The molecular formula is C11H11BrFNO2. The Hall–Kier alpha value is -0.970. The quantitative estimate of drug-likeness (QED) is 0.851. The Morgan fingerprint density at radius 1 is 1.62 bits per heavy atom. The molecule has 1 unspecified atom stereocenters. The van der Waals surface area contributed by atoms with Gasteiger partial charge in [0.15, 0.2) is 0 Å². The zero-order chi connectivity index (χ0) is 12.1. The van der Waals surface area contributed by atoms with Gasteiger partial charge in [-0.1, -0.05) is 13.8 Å². The predicted octanol–water partition coefficient (Wildman–Crippen LogP) is 2.74. The van der Waals surface area contributed by atoms with Gasteiger partial charge in [0, 0.05) is 16.2 Å². The van der Waals surface area contributed by atoms with Crippen LogP contribution in [0.2, 0.25) is 0 Å². The summed E-state index contributed by atoms with van der Waals surface area (Å²) < 4.78 is 14.2. The third kappa shape index (κ3) is 1.38. The maximum Gasteiger partial charge on any atom is 0.314 e. The number of halogens is 2. The molecule has 0 amide bonds. The Balaban J connectivity index is 2.59. The van der Waals surface area contributed by atoms with Crippen LogP contribution in [0.4, 0.5) is 4.39 Å². The second kappa shape index (κ2) is 3.26. The van der Waals surface area contributed by atoms with Gasteiger partial charge in [0.1, 0.15) is 5.41 Å². The molecule has 0 spiro atoms. The van der Waals surface area contributed by atoms with E-state index in [2.05, 4.69) is 20.9 Å². The number of carboxylic acids is 1. The molecule has 1 saturated carbocycles. The number of hydrogen-bond donors (Lipinski definition) is 1. The number of nitrogens with zero attached hydrogens (tertiary/aromatic N) is 1. The Morgan fingerprint density at radius 3 is 2.62 bits per heavy atom. The van der Waals surface area contributed by atoms with Gasteiger partial charge in [0.25, 0.3) is 0 Å². The summed E-state index contributed by atoms with van der Waals surface area (Å²) in [5.74, 6) is -1.69. The number of carbonyl (C=O) groups is 1. The van der Waals surface area contributed by atoms with Crippen LogP contribution < -0.4 is 0 Å². The van der Waals surface area contributed by atoms with E-state index < -0.39 is 22.7 Å². The lowest BCUT2D eigenvalue weighted by molar-refractivity contribution is -0.141. The summed E-state index contributed by atoms with van der Waals surface area (Å²) in [4.78, 5) is 14.9. The predicted molar refractivity (Wildman–Crippen MR) is 59.6 cm³/mol. The molecule has 1 N–H and O–H groups in total. The summed E-state index contributed by atoms with van der Waals surface area (Å²) in [5.41, 5.74) is -1.39. The minimum absolute atomic E-state index is 0.166. The summed E-state index contributed by atoms with van der Waals surface area (Å²) in [6.45, 7) is 3.64. The molecule has 2 rings (SSSR count). The second-order valence-corrected chi connectivity index (χ2v) is 5.68. The molecule has 0 radical (unpaired) electrons. The van der Waals surface area contributed by atoms with Crippen molar-refractivity contribution in [3.05, 3.63) is 28.2 Å². The molecule has 3 nitrogen and oxygen atoms in total. The molecule has 1 aliphatic rings. The molecule has 16 heavy (non-hydrogen) atoms. The molecule has 1 aromatic rings. The van der Waals surface area contributed by atoms with E-state index in [1.54, 1.807) is 0 Å². The summed E-state index contributed by atoms with van der Waals surface area (Å²) in [6.07, 6.45) is 1.76. The molecule has 0 bridgehead atoms. The van der Waals surface area contributed by atoms with Gasteiger partial charge in [-0.25, -0.2) is 4.98 Å². The highest BCUT2D eigenvalue weighted by atomic mass is 79.9. The van der Waals surface area contributed by atoms with Gasteiger partial charge in [-0.05, 0) is 33.8 Å². The third-order valence-corrected chi connectivity index (χ3v) is 3.80. The minimum Gasteiger partial charge on any atom is -0.481 e. The molecule has 0 aliphatic heterocycles. The van der Waals surface area contributed by atoms with Crippen LogP contribution in [0, 0.1) is 11.4 Å². The lowest BCUT2D eigenvalue weighted by atomic mass is 9.89. The smallest absolute Gasteiger partial charge is 0.314 e. The van der Waals surface area contributed by atoms with Crippen LogP contribution in [-0.4, -0.2) is 16.1 Å². The van der Waals surface area contributed by atoms with Gasteiger partial charge in [-0.15, -0.1) is 0 Å². The number of rotatable bonds is 2. The van der Waals surface area contributed by atoms with Crippen LogP contribution in [0.15, 0.2) is 16.7 Å². The largest absolute Gasteiger partial charge is 0.481 e. The first kappa shape index (κ1) is 11.5. The summed E-state index contributed by atoms with van der Waals surface area (Å²) >= 11 is 3.18. The Bertz CT molecular complexity index is 475. The Kier molecular flexibility index (Phi) is 2.35.